The SMILES string of the molecule is CC(=O)NCC1COC(=O)N1c1ccc(C(=O)c2ncc[nH]2)cc1. The maximum Gasteiger partial charge on any atom is 0.414 e. The zero-order valence-corrected chi connectivity index (χ0v) is 13.0. The molecule has 8 heteroatoms. The standard InChI is InChI=1S/C16H16N4O4/c1-10(21)19-8-13-9-24-16(23)20(13)12-4-2-11(3-5-12)14(22)15-17-6-7-18-15/h2-7,13H,8-9H2,1H3,(H,17,18)(H,19,21). The zero-order valence-electron chi connectivity index (χ0n) is 13.0. The monoisotopic (exact) mass is 328 g/mol. The lowest BCUT2D eigenvalue weighted by Crippen LogP contribution is -2.42. The normalized spacial score (nSPS) is 16.8. The predicted octanol–water partition coefficient (Wildman–Crippen LogP) is 1.10. The second-order valence-electron chi connectivity index (χ2n) is 5.35. The van der Waals surface area contributed by atoms with Gasteiger partial charge in [-0.2, -0.15) is 0 Å². The number of aromatic amines is 1. The number of benzene rings is 1. The quantitative estimate of drug-likeness (QED) is 0.800. The second kappa shape index (κ2) is 6.53. The van der Waals surface area contributed by atoms with Crippen LogP contribution in [0.5, 0.6) is 0 Å². The molecule has 2 aromatic rings. The first-order chi connectivity index (χ1) is 11.6. The van der Waals surface area contributed by atoms with E-state index in [2.05, 4.69) is 15.3 Å². The number of ether oxygens (including phenoxy) is 1. The fourth-order valence-corrected chi connectivity index (χ4v) is 2.49. The van der Waals surface area contributed by atoms with Gasteiger partial charge in [0.05, 0.1) is 6.04 Å². The maximum absolute atomic E-state index is 12.2. The number of carbonyl (C=O) groups is 3. The van der Waals surface area contributed by atoms with E-state index >= 15 is 0 Å². The van der Waals surface area contributed by atoms with E-state index in [-0.39, 0.29) is 30.2 Å². The number of ketones is 1. The third-order valence-corrected chi connectivity index (χ3v) is 3.67. The smallest absolute Gasteiger partial charge is 0.414 e. The molecule has 1 aliphatic rings. The van der Waals surface area contributed by atoms with Gasteiger partial charge in [-0.3, -0.25) is 14.5 Å². The van der Waals surface area contributed by atoms with Crippen molar-refractivity contribution in [2.75, 3.05) is 18.1 Å². The van der Waals surface area contributed by atoms with E-state index < -0.39 is 6.09 Å². The lowest BCUT2D eigenvalue weighted by atomic mass is 10.1. The van der Waals surface area contributed by atoms with Crippen molar-refractivity contribution in [1.29, 1.82) is 0 Å². The highest BCUT2D eigenvalue weighted by Gasteiger charge is 2.34. The Morgan fingerprint density at radius 1 is 1.38 bits per heavy atom. The van der Waals surface area contributed by atoms with Crippen LogP contribution in [-0.4, -0.2) is 46.9 Å². The van der Waals surface area contributed by atoms with Crippen LogP contribution in [0.1, 0.15) is 23.1 Å². The molecule has 0 bridgehead atoms. The Hall–Kier alpha value is -3.16. The van der Waals surface area contributed by atoms with Gasteiger partial charge in [0, 0.05) is 37.1 Å². The van der Waals surface area contributed by atoms with Crippen molar-refractivity contribution < 1.29 is 19.1 Å². The molecule has 1 unspecified atom stereocenters. The van der Waals surface area contributed by atoms with Crippen molar-refractivity contribution >= 4 is 23.5 Å². The molecule has 0 spiro atoms. The van der Waals surface area contributed by atoms with Gasteiger partial charge in [-0.15, -0.1) is 0 Å². The molecule has 8 nitrogen and oxygen atoms in total. The van der Waals surface area contributed by atoms with E-state index in [1.54, 1.807) is 30.5 Å². The average molecular weight is 328 g/mol. The highest BCUT2D eigenvalue weighted by atomic mass is 16.6. The van der Waals surface area contributed by atoms with Crippen molar-refractivity contribution in [2.24, 2.45) is 0 Å². The third-order valence-electron chi connectivity index (χ3n) is 3.67. The number of imidazole rings is 1. The number of carbonyl (C=O) groups excluding carboxylic acids is 3. The summed E-state index contributed by atoms with van der Waals surface area (Å²) >= 11 is 0. The lowest BCUT2D eigenvalue weighted by molar-refractivity contribution is -0.119. The molecule has 0 saturated carbocycles. The Balaban J connectivity index is 1.77. The van der Waals surface area contributed by atoms with Gasteiger partial charge in [0.15, 0.2) is 5.82 Å². The minimum Gasteiger partial charge on any atom is -0.447 e. The number of nitrogens with zero attached hydrogens (tertiary/aromatic N) is 2. The lowest BCUT2D eigenvalue weighted by Gasteiger charge is -2.21. The maximum atomic E-state index is 12.2. The van der Waals surface area contributed by atoms with E-state index in [1.165, 1.54) is 18.0 Å². The second-order valence-corrected chi connectivity index (χ2v) is 5.35. The summed E-state index contributed by atoms with van der Waals surface area (Å²) in [5.41, 5.74) is 1.06. The minimum absolute atomic E-state index is 0.173. The summed E-state index contributed by atoms with van der Waals surface area (Å²) in [6.07, 6.45) is 2.61. The van der Waals surface area contributed by atoms with Crippen molar-refractivity contribution in [3.05, 3.63) is 48.0 Å². The molecule has 0 aliphatic carbocycles. The fraction of sp³-hybridized carbons (Fsp3) is 0.250. The first-order valence-corrected chi connectivity index (χ1v) is 7.41. The molecular formula is C16H16N4O4. The number of cyclic esters (lactones) is 1. The van der Waals surface area contributed by atoms with Crippen molar-refractivity contribution in [1.82, 2.24) is 15.3 Å². The van der Waals surface area contributed by atoms with E-state index in [9.17, 15) is 14.4 Å². The first-order valence-electron chi connectivity index (χ1n) is 7.41. The predicted molar refractivity (Wildman–Crippen MR) is 84.8 cm³/mol. The molecule has 1 saturated heterocycles. The van der Waals surface area contributed by atoms with Crippen LogP contribution in [-0.2, 0) is 9.53 Å². The van der Waals surface area contributed by atoms with Crippen LogP contribution in [0.4, 0.5) is 10.5 Å². The van der Waals surface area contributed by atoms with Gasteiger partial charge in [-0.1, -0.05) is 0 Å². The Labute approximate surface area is 137 Å². The number of hydrogen-bond acceptors (Lipinski definition) is 5. The third kappa shape index (κ3) is 3.12. The van der Waals surface area contributed by atoms with Crippen molar-refractivity contribution in [3.8, 4) is 0 Å². The van der Waals surface area contributed by atoms with E-state index in [0.29, 0.717) is 17.8 Å². The molecule has 0 radical (unpaired) electrons. The van der Waals surface area contributed by atoms with Gasteiger partial charge in [0.2, 0.25) is 11.7 Å². The summed E-state index contributed by atoms with van der Waals surface area (Å²) in [6, 6.07) is 6.31. The number of hydrogen-bond donors (Lipinski definition) is 2. The highest BCUT2D eigenvalue weighted by Crippen LogP contribution is 2.23. The largest absolute Gasteiger partial charge is 0.447 e. The molecule has 1 aromatic carbocycles. The summed E-state index contributed by atoms with van der Waals surface area (Å²) in [5.74, 6) is -0.147. The molecular weight excluding hydrogens is 312 g/mol. The van der Waals surface area contributed by atoms with Gasteiger partial charge in [-0.05, 0) is 24.3 Å². The van der Waals surface area contributed by atoms with Gasteiger partial charge >= 0.3 is 6.09 Å². The Kier molecular flexibility index (Phi) is 4.28. The average Bonchev–Trinajstić information content (AvgIpc) is 3.22. The van der Waals surface area contributed by atoms with E-state index in [4.69, 9.17) is 4.74 Å². The number of rotatable bonds is 5. The van der Waals surface area contributed by atoms with Crippen LogP contribution in [0.15, 0.2) is 36.7 Å². The van der Waals surface area contributed by atoms with Crippen LogP contribution in [0.3, 0.4) is 0 Å². The van der Waals surface area contributed by atoms with Gasteiger partial charge in [0.1, 0.15) is 6.61 Å². The summed E-state index contributed by atoms with van der Waals surface area (Å²) < 4.78 is 5.06. The molecule has 1 atom stereocenters. The molecule has 1 aromatic heterocycles. The van der Waals surface area contributed by atoms with E-state index in [1.807, 2.05) is 0 Å². The Bertz CT molecular complexity index is 755. The molecule has 1 fully saturated rings. The fourth-order valence-electron chi connectivity index (χ4n) is 2.49. The van der Waals surface area contributed by atoms with Crippen LogP contribution in [0.2, 0.25) is 0 Å². The first kappa shape index (κ1) is 15.7. The zero-order chi connectivity index (χ0) is 17.1. The summed E-state index contributed by atoms with van der Waals surface area (Å²) in [4.78, 5) is 43.4. The molecule has 2 heterocycles. The van der Waals surface area contributed by atoms with Crippen LogP contribution < -0.4 is 10.2 Å². The highest BCUT2D eigenvalue weighted by molar-refractivity contribution is 6.06. The minimum atomic E-state index is -0.476. The summed E-state index contributed by atoms with van der Waals surface area (Å²) in [7, 11) is 0. The molecule has 2 amide bonds. The van der Waals surface area contributed by atoms with Gasteiger partial charge in [-0.25, -0.2) is 9.78 Å². The molecule has 1 aliphatic heterocycles. The van der Waals surface area contributed by atoms with Gasteiger partial charge in [0.25, 0.3) is 0 Å². The van der Waals surface area contributed by atoms with Crippen molar-refractivity contribution in [2.45, 2.75) is 13.0 Å². The summed E-state index contributed by atoms with van der Waals surface area (Å²) in [5, 5.41) is 2.68. The van der Waals surface area contributed by atoms with Gasteiger partial charge < -0.3 is 15.0 Å². The summed E-state index contributed by atoms with van der Waals surface area (Å²) in [6.45, 7) is 1.91. The number of nitrogens with one attached hydrogen (secondary N) is 2. The number of aromatic nitrogens is 2. The molecule has 2 N–H and O–H groups in total. The molecule has 124 valence electrons. The van der Waals surface area contributed by atoms with Crippen LogP contribution in [0, 0.1) is 0 Å². The molecule has 24 heavy (non-hydrogen) atoms. The topological polar surface area (TPSA) is 104 Å². The number of anilines is 1. The number of H-pyrrole nitrogens is 1. The van der Waals surface area contributed by atoms with E-state index in [0.717, 1.165) is 0 Å². The number of amides is 2. The van der Waals surface area contributed by atoms with Crippen LogP contribution >= 0.6 is 0 Å². The van der Waals surface area contributed by atoms with Crippen molar-refractivity contribution in [3.63, 3.8) is 0 Å². The van der Waals surface area contributed by atoms with Crippen LogP contribution in [0.25, 0.3) is 0 Å². The molecule has 3 rings (SSSR count). The Morgan fingerprint density at radius 2 is 2.12 bits per heavy atom. The Morgan fingerprint density at radius 3 is 2.75 bits per heavy atom.